The number of methoxy groups -OCH3 is 1. The molecule has 4 rings (SSSR count). The van der Waals surface area contributed by atoms with Crippen molar-refractivity contribution in [2.75, 3.05) is 26.8 Å². The molecule has 1 aliphatic rings. The maximum absolute atomic E-state index is 13.5. The van der Waals surface area contributed by atoms with Gasteiger partial charge in [0.1, 0.15) is 17.3 Å². The van der Waals surface area contributed by atoms with Crippen molar-refractivity contribution >= 4 is 10.9 Å². The van der Waals surface area contributed by atoms with Crippen LogP contribution in [0.25, 0.3) is 10.9 Å². The van der Waals surface area contributed by atoms with E-state index in [2.05, 4.69) is 10.3 Å². The summed E-state index contributed by atoms with van der Waals surface area (Å²) in [6, 6.07) is 10.9. The Balaban J connectivity index is 1.15. The minimum absolute atomic E-state index is 0.177. The molecule has 0 amide bonds. The Hall–Kier alpha value is -2.53. The van der Waals surface area contributed by atoms with Gasteiger partial charge in [0.25, 0.3) is 0 Å². The standard InChI is InChI=1S/C24H29FN2O2/c1-28-23-7-2-8-24-21(23)13-17(16-29-24)5-3-11-26-12-4-6-18-15-27-22-10-9-19(25)14-20(18)22/h2,7-10,14-15,17,26-27H,3-6,11-13,16H2,1H3/t17-/m0/s1. The van der Waals surface area contributed by atoms with Crippen LogP contribution in [0.15, 0.2) is 42.6 Å². The number of halogens is 1. The second kappa shape index (κ2) is 9.31. The summed E-state index contributed by atoms with van der Waals surface area (Å²) in [4.78, 5) is 3.22. The summed E-state index contributed by atoms with van der Waals surface area (Å²) in [6.45, 7) is 2.77. The molecular weight excluding hydrogens is 367 g/mol. The molecule has 2 aromatic carbocycles. The van der Waals surface area contributed by atoms with Crippen molar-refractivity contribution in [2.45, 2.75) is 32.1 Å². The van der Waals surface area contributed by atoms with Gasteiger partial charge < -0.3 is 19.8 Å². The molecule has 4 nitrogen and oxygen atoms in total. The molecule has 0 aliphatic carbocycles. The molecule has 0 radical (unpaired) electrons. The average Bonchev–Trinajstić information content (AvgIpc) is 3.14. The molecule has 0 bridgehead atoms. The molecule has 0 saturated heterocycles. The monoisotopic (exact) mass is 396 g/mol. The molecule has 2 heterocycles. The number of benzene rings is 2. The van der Waals surface area contributed by atoms with Crippen LogP contribution in [0, 0.1) is 11.7 Å². The van der Waals surface area contributed by atoms with Crippen LogP contribution in [-0.4, -0.2) is 31.8 Å². The van der Waals surface area contributed by atoms with Crippen LogP contribution in [-0.2, 0) is 12.8 Å². The zero-order valence-electron chi connectivity index (χ0n) is 17.0. The largest absolute Gasteiger partial charge is 0.496 e. The highest BCUT2D eigenvalue weighted by atomic mass is 19.1. The molecular formula is C24H29FN2O2. The normalized spacial score (nSPS) is 15.9. The van der Waals surface area contributed by atoms with E-state index in [-0.39, 0.29) is 5.82 Å². The number of aromatic amines is 1. The van der Waals surface area contributed by atoms with Gasteiger partial charge in [0, 0.05) is 22.7 Å². The molecule has 29 heavy (non-hydrogen) atoms. The van der Waals surface area contributed by atoms with Gasteiger partial charge in [-0.2, -0.15) is 0 Å². The van der Waals surface area contributed by atoms with Crippen molar-refractivity contribution in [3.8, 4) is 11.5 Å². The summed E-state index contributed by atoms with van der Waals surface area (Å²) >= 11 is 0. The first-order valence-corrected chi connectivity index (χ1v) is 10.5. The lowest BCUT2D eigenvalue weighted by atomic mass is 9.92. The number of nitrogens with one attached hydrogen (secondary N) is 2. The van der Waals surface area contributed by atoms with Gasteiger partial charge in [0.2, 0.25) is 0 Å². The van der Waals surface area contributed by atoms with E-state index in [9.17, 15) is 4.39 Å². The zero-order chi connectivity index (χ0) is 20.1. The molecule has 0 spiro atoms. The van der Waals surface area contributed by atoms with Crippen LogP contribution in [0.3, 0.4) is 0 Å². The Labute approximate surface area is 171 Å². The maximum Gasteiger partial charge on any atom is 0.126 e. The number of ether oxygens (including phenoxy) is 2. The molecule has 1 aliphatic heterocycles. The highest BCUT2D eigenvalue weighted by Crippen LogP contribution is 2.35. The van der Waals surface area contributed by atoms with Crippen LogP contribution >= 0.6 is 0 Å². The fourth-order valence-electron chi connectivity index (χ4n) is 4.22. The van der Waals surface area contributed by atoms with E-state index in [1.165, 1.54) is 17.2 Å². The van der Waals surface area contributed by atoms with Crippen molar-refractivity contribution in [2.24, 2.45) is 5.92 Å². The van der Waals surface area contributed by atoms with Crippen LogP contribution in [0.5, 0.6) is 11.5 Å². The van der Waals surface area contributed by atoms with Crippen molar-refractivity contribution in [1.29, 1.82) is 0 Å². The third-order valence-electron chi connectivity index (χ3n) is 5.77. The molecule has 0 fully saturated rings. The van der Waals surface area contributed by atoms with Crippen LogP contribution in [0.4, 0.5) is 4.39 Å². The highest BCUT2D eigenvalue weighted by Gasteiger charge is 2.22. The maximum atomic E-state index is 13.5. The van der Waals surface area contributed by atoms with Gasteiger partial charge >= 0.3 is 0 Å². The van der Waals surface area contributed by atoms with E-state index in [0.717, 1.165) is 74.2 Å². The number of hydrogen-bond acceptors (Lipinski definition) is 3. The number of aryl methyl sites for hydroxylation is 1. The summed E-state index contributed by atoms with van der Waals surface area (Å²) in [5.74, 6) is 2.27. The van der Waals surface area contributed by atoms with Crippen molar-refractivity contribution < 1.29 is 13.9 Å². The first kappa shape index (κ1) is 19.8. The van der Waals surface area contributed by atoms with Crippen molar-refractivity contribution in [1.82, 2.24) is 10.3 Å². The lowest BCUT2D eigenvalue weighted by molar-refractivity contribution is 0.208. The molecule has 5 heteroatoms. The summed E-state index contributed by atoms with van der Waals surface area (Å²) in [5, 5.41) is 4.54. The van der Waals surface area contributed by atoms with Gasteiger partial charge in [-0.05, 0) is 87.0 Å². The smallest absolute Gasteiger partial charge is 0.126 e. The lowest BCUT2D eigenvalue weighted by Crippen LogP contribution is -2.23. The third-order valence-corrected chi connectivity index (χ3v) is 5.77. The quantitative estimate of drug-likeness (QED) is 0.507. The molecule has 2 N–H and O–H groups in total. The van der Waals surface area contributed by atoms with E-state index in [0.29, 0.717) is 5.92 Å². The Bertz CT molecular complexity index is 939. The molecule has 0 saturated carbocycles. The molecule has 0 unspecified atom stereocenters. The van der Waals surface area contributed by atoms with Crippen LogP contribution in [0.2, 0.25) is 0 Å². The van der Waals surface area contributed by atoms with Gasteiger partial charge in [-0.3, -0.25) is 0 Å². The van der Waals surface area contributed by atoms with Crippen molar-refractivity contribution in [3.63, 3.8) is 0 Å². The number of hydrogen-bond donors (Lipinski definition) is 2. The van der Waals surface area contributed by atoms with E-state index < -0.39 is 0 Å². The second-order valence-electron chi connectivity index (χ2n) is 7.82. The Morgan fingerprint density at radius 1 is 1.21 bits per heavy atom. The second-order valence-corrected chi connectivity index (χ2v) is 7.82. The summed E-state index contributed by atoms with van der Waals surface area (Å²) in [7, 11) is 1.72. The summed E-state index contributed by atoms with van der Waals surface area (Å²) < 4.78 is 24.9. The van der Waals surface area contributed by atoms with E-state index in [4.69, 9.17) is 9.47 Å². The van der Waals surface area contributed by atoms with E-state index in [1.54, 1.807) is 19.2 Å². The van der Waals surface area contributed by atoms with E-state index in [1.807, 2.05) is 24.4 Å². The summed E-state index contributed by atoms with van der Waals surface area (Å²) in [6.07, 6.45) is 7.29. The lowest BCUT2D eigenvalue weighted by Gasteiger charge is -2.26. The Morgan fingerprint density at radius 2 is 2.10 bits per heavy atom. The summed E-state index contributed by atoms with van der Waals surface area (Å²) in [5.41, 5.74) is 3.39. The van der Waals surface area contributed by atoms with Gasteiger partial charge in [0.05, 0.1) is 13.7 Å². The number of H-pyrrole nitrogens is 1. The van der Waals surface area contributed by atoms with Crippen LogP contribution < -0.4 is 14.8 Å². The SMILES string of the molecule is COc1cccc2c1C[C@H](CCCNCCCc1c[nH]c3ccc(F)cc13)CO2. The Morgan fingerprint density at radius 3 is 3.00 bits per heavy atom. The van der Waals surface area contributed by atoms with E-state index >= 15 is 0 Å². The molecule has 1 atom stereocenters. The average molecular weight is 397 g/mol. The first-order chi connectivity index (χ1) is 14.2. The predicted molar refractivity (Wildman–Crippen MR) is 114 cm³/mol. The number of rotatable bonds is 9. The predicted octanol–water partition coefficient (Wildman–Crippen LogP) is 4.87. The van der Waals surface area contributed by atoms with Crippen molar-refractivity contribution in [3.05, 3.63) is 59.5 Å². The van der Waals surface area contributed by atoms with Gasteiger partial charge in [-0.25, -0.2) is 4.39 Å². The Kier molecular flexibility index (Phi) is 6.35. The van der Waals surface area contributed by atoms with Crippen LogP contribution in [0.1, 0.15) is 30.4 Å². The van der Waals surface area contributed by atoms with Gasteiger partial charge in [0.15, 0.2) is 0 Å². The number of fused-ring (bicyclic) bond motifs is 2. The first-order valence-electron chi connectivity index (χ1n) is 10.5. The fourth-order valence-corrected chi connectivity index (χ4v) is 4.22. The number of aromatic nitrogens is 1. The third kappa shape index (κ3) is 4.73. The topological polar surface area (TPSA) is 46.3 Å². The zero-order valence-corrected chi connectivity index (χ0v) is 17.0. The molecule has 1 aromatic heterocycles. The fraction of sp³-hybridized carbons (Fsp3) is 0.417. The van der Waals surface area contributed by atoms with Gasteiger partial charge in [-0.1, -0.05) is 6.07 Å². The minimum Gasteiger partial charge on any atom is -0.496 e. The highest BCUT2D eigenvalue weighted by molar-refractivity contribution is 5.83. The minimum atomic E-state index is -0.177. The molecule has 154 valence electrons. The molecule has 3 aromatic rings. The van der Waals surface area contributed by atoms with Gasteiger partial charge in [-0.15, -0.1) is 0 Å².